The van der Waals surface area contributed by atoms with E-state index in [2.05, 4.69) is 22.9 Å². The minimum absolute atomic E-state index is 0.0883. The van der Waals surface area contributed by atoms with Gasteiger partial charge in [-0.15, -0.1) is 0 Å². The Hall–Kier alpha value is -1.03. The van der Waals surface area contributed by atoms with Crippen molar-refractivity contribution in [1.82, 2.24) is 4.98 Å². The molecule has 3 nitrogen and oxygen atoms in total. The second kappa shape index (κ2) is 4.09. The zero-order chi connectivity index (χ0) is 11.8. The number of carbonyl (C=O) groups is 1. The Morgan fingerprint density at radius 3 is 2.62 bits per heavy atom. The second-order valence-corrected chi connectivity index (χ2v) is 5.87. The molecule has 0 spiro atoms. The number of hydrogen-bond donors (Lipinski definition) is 2. The fraction of sp³-hybridized carbons (Fsp3) is 0.500. The van der Waals surface area contributed by atoms with Gasteiger partial charge in [0.1, 0.15) is 5.82 Å². The summed E-state index contributed by atoms with van der Waals surface area (Å²) >= 11 is 4.46. The SMILES string of the molecule is CC(C)(S)c1ccc(NC(=O)C2CC2)nc1. The van der Waals surface area contributed by atoms with E-state index in [1.807, 2.05) is 26.0 Å². The molecule has 16 heavy (non-hydrogen) atoms. The highest BCUT2D eigenvalue weighted by molar-refractivity contribution is 7.81. The molecule has 1 saturated carbocycles. The predicted molar refractivity (Wildman–Crippen MR) is 67.6 cm³/mol. The van der Waals surface area contributed by atoms with Gasteiger partial charge in [-0.3, -0.25) is 4.79 Å². The molecule has 0 aliphatic heterocycles. The molecule has 1 N–H and O–H groups in total. The van der Waals surface area contributed by atoms with Crippen LogP contribution in [0.5, 0.6) is 0 Å². The summed E-state index contributed by atoms with van der Waals surface area (Å²) in [5.41, 5.74) is 1.04. The van der Waals surface area contributed by atoms with E-state index in [0.717, 1.165) is 18.4 Å². The Morgan fingerprint density at radius 2 is 2.19 bits per heavy atom. The predicted octanol–water partition coefficient (Wildman–Crippen LogP) is 2.60. The van der Waals surface area contributed by atoms with E-state index in [1.165, 1.54) is 0 Å². The van der Waals surface area contributed by atoms with Crippen LogP contribution in [0.4, 0.5) is 5.82 Å². The van der Waals surface area contributed by atoms with Crippen LogP contribution in [-0.4, -0.2) is 10.9 Å². The van der Waals surface area contributed by atoms with Crippen molar-refractivity contribution in [3.05, 3.63) is 23.9 Å². The molecule has 1 amide bonds. The van der Waals surface area contributed by atoms with Gasteiger partial charge in [0.15, 0.2) is 0 Å². The van der Waals surface area contributed by atoms with Crippen LogP contribution in [0.1, 0.15) is 32.3 Å². The first-order valence-electron chi connectivity index (χ1n) is 5.46. The minimum Gasteiger partial charge on any atom is -0.310 e. The van der Waals surface area contributed by atoms with Crippen molar-refractivity contribution in [1.29, 1.82) is 0 Å². The molecule has 1 heterocycles. The molecule has 0 unspecified atom stereocenters. The smallest absolute Gasteiger partial charge is 0.228 e. The zero-order valence-corrected chi connectivity index (χ0v) is 10.4. The van der Waals surface area contributed by atoms with Crippen molar-refractivity contribution in [2.24, 2.45) is 5.92 Å². The third-order valence-corrected chi connectivity index (χ3v) is 2.93. The first-order valence-corrected chi connectivity index (χ1v) is 5.91. The van der Waals surface area contributed by atoms with Crippen LogP contribution in [0.25, 0.3) is 0 Å². The molecule has 1 aromatic rings. The standard InChI is InChI=1S/C12H16N2OS/c1-12(2,16)9-5-6-10(13-7-9)14-11(15)8-3-4-8/h5-8,16H,3-4H2,1-2H3,(H,13,14,15). The van der Waals surface area contributed by atoms with Gasteiger partial charge in [-0.2, -0.15) is 12.6 Å². The van der Waals surface area contributed by atoms with Crippen LogP contribution in [-0.2, 0) is 9.54 Å². The molecule has 2 rings (SSSR count). The maximum Gasteiger partial charge on any atom is 0.228 e. The van der Waals surface area contributed by atoms with Gasteiger partial charge in [0.25, 0.3) is 0 Å². The van der Waals surface area contributed by atoms with E-state index in [0.29, 0.717) is 5.82 Å². The molecule has 0 saturated heterocycles. The minimum atomic E-state index is -0.202. The Balaban J connectivity index is 2.04. The number of carbonyl (C=O) groups excluding carboxylic acids is 1. The van der Waals surface area contributed by atoms with Gasteiger partial charge in [0.05, 0.1) is 0 Å². The Kier molecular flexibility index (Phi) is 2.93. The summed E-state index contributed by atoms with van der Waals surface area (Å²) in [6.45, 7) is 4.02. The van der Waals surface area contributed by atoms with Gasteiger partial charge in [-0.1, -0.05) is 6.07 Å². The number of nitrogens with zero attached hydrogens (tertiary/aromatic N) is 1. The molecular weight excluding hydrogens is 220 g/mol. The highest BCUT2D eigenvalue weighted by Crippen LogP contribution is 2.30. The first kappa shape index (κ1) is 11.5. The van der Waals surface area contributed by atoms with Crippen LogP contribution in [0.2, 0.25) is 0 Å². The Labute approximate surface area is 101 Å². The number of aromatic nitrogens is 1. The average molecular weight is 236 g/mol. The van der Waals surface area contributed by atoms with Gasteiger partial charge in [-0.05, 0) is 38.3 Å². The number of anilines is 1. The van der Waals surface area contributed by atoms with Gasteiger partial charge >= 0.3 is 0 Å². The molecule has 1 aromatic heterocycles. The number of pyridine rings is 1. The quantitative estimate of drug-likeness (QED) is 0.792. The van der Waals surface area contributed by atoms with Gasteiger partial charge in [0, 0.05) is 16.9 Å². The molecular formula is C12H16N2OS. The molecule has 4 heteroatoms. The van der Waals surface area contributed by atoms with E-state index < -0.39 is 0 Å². The van der Waals surface area contributed by atoms with E-state index in [9.17, 15) is 4.79 Å². The van der Waals surface area contributed by atoms with E-state index >= 15 is 0 Å². The van der Waals surface area contributed by atoms with Gasteiger partial charge in [0.2, 0.25) is 5.91 Å². The molecule has 0 atom stereocenters. The zero-order valence-electron chi connectivity index (χ0n) is 9.53. The second-order valence-electron chi connectivity index (χ2n) is 4.75. The van der Waals surface area contributed by atoms with Crippen molar-refractivity contribution in [3.8, 4) is 0 Å². The first-order chi connectivity index (χ1) is 7.47. The maximum absolute atomic E-state index is 11.5. The number of nitrogens with one attached hydrogen (secondary N) is 1. The third-order valence-electron chi connectivity index (χ3n) is 2.67. The topological polar surface area (TPSA) is 42.0 Å². The summed E-state index contributed by atoms with van der Waals surface area (Å²) in [7, 11) is 0. The molecule has 1 aliphatic rings. The number of rotatable bonds is 3. The lowest BCUT2D eigenvalue weighted by atomic mass is 10.1. The van der Waals surface area contributed by atoms with Gasteiger partial charge in [-0.25, -0.2) is 4.98 Å². The summed E-state index contributed by atoms with van der Waals surface area (Å²) in [4.78, 5) is 15.7. The maximum atomic E-state index is 11.5. The lowest BCUT2D eigenvalue weighted by Gasteiger charge is -2.17. The molecule has 1 fully saturated rings. The normalized spacial score (nSPS) is 15.9. The number of amides is 1. The van der Waals surface area contributed by atoms with E-state index in [4.69, 9.17) is 0 Å². The van der Waals surface area contributed by atoms with Gasteiger partial charge < -0.3 is 5.32 Å². The summed E-state index contributed by atoms with van der Waals surface area (Å²) in [6, 6.07) is 3.77. The van der Waals surface area contributed by atoms with Crippen LogP contribution < -0.4 is 5.32 Å². The largest absolute Gasteiger partial charge is 0.310 e. The Morgan fingerprint density at radius 1 is 1.50 bits per heavy atom. The lowest BCUT2D eigenvalue weighted by Crippen LogP contribution is -2.15. The van der Waals surface area contributed by atoms with Crippen LogP contribution >= 0.6 is 12.6 Å². The van der Waals surface area contributed by atoms with Crippen molar-refractivity contribution < 1.29 is 4.79 Å². The molecule has 0 radical (unpaired) electrons. The van der Waals surface area contributed by atoms with Crippen LogP contribution in [0.15, 0.2) is 18.3 Å². The molecule has 86 valence electrons. The van der Waals surface area contributed by atoms with E-state index in [-0.39, 0.29) is 16.6 Å². The Bertz CT molecular complexity index is 390. The van der Waals surface area contributed by atoms with Crippen molar-refractivity contribution in [3.63, 3.8) is 0 Å². The van der Waals surface area contributed by atoms with Crippen LogP contribution in [0, 0.1) is 5.92 Å². The summed E-state index contributed by atoms with van der Waals surface area (Å²) in [6.07, 6.45) is 3.77. The summed E-state index contributed by atoms with van der Waals surface area (Å²) in [5.74, 6) is 0.923. The highest BCUT2D eigenvalue weighted by Gasteiger charge is 2.29. The fourth-order valence-electron chi connectivity index (χ4n) is 1.40. The monoisotopic (exact) mass is 236 g/mol. The average Bonchev–Trinajstić information content (AvgIpc) is 3.00. The number of hydrogen-bond acceptors (Lipinski definition) is 3. The molecule has 1 aliphatic carbocycles. The molecule has 0 bridgehead atoms. The lowest BCUT2D eigenvalue weighted by molar-refractivity contribution is -0.117. The van der Waals surface area contributed by atoms with E-state index in [1.54, 1.807) is 6.20 Å². The van der Waals surface area contributed by atoms with Crippen molar-refractivity contribution >= 4 is 24.4 Å². The summed E-state index contributed by atoms with van der Waals surface area (Å²) < 4.78 is -0.202. The molecule has 0 aromatic carbocycles. The summed E-state index contributed by atoms with van der Waals surface area (Å²) in [5, 5.41) is 2.81. The fourth-order valence-corrected chi connectivity index (χ4v) is 1.54. The van der Waals surface area contributed by atoms with Crippen molar-refractivity contribution in [2.45, 2.75) is 31.4 Å². The number of thiol groups is 1. The third kappa shape index (κ3) is 2.76. The van der Waals surface area contributed by atoms with Crippen LogP contribution in [0.3, 0.4) is 0 Å². The highest BCUT2D eigenvalue weighted by atomic mass is 32.1. The van der Waals surface area contributed by atoms with Crippen molar-refractivity contribution in [2.75, 3.05) is 5.32 Å².